The standard InChI is InChI=1S/C32H28N4O3S2/c1-20(37)34-32-33-18-23(40-32)19-36-15-14-21(24-8-5-6-9-25(24)36)17-30-35(2)26-13-12-22(16-29(26)41-30)31-27(38-3)10-7-11-28(31)39-4/h5-18H,19H2,1-4H3/p+1. The lowest BCUT2D eigenvalue weighted by Gasteiger charge is -2.27. The molecule has 0 unspecified atom stereocenters. The second kappa shape index (κ2) is 11.2. The van der Waals surface area contributed by atoms with Crippen LogP contribution in [0, 0.1) is 0 Å². The normalized spacial score (nSPS) is 13.5. The van der Waals surface area contributed by atoms with E-state index in [4.69, 9.17) is 9.47 Å². The van der Waals surface area contributed by atoms with Crippen LogP contribution in [0.1, 0.15) is 22.4 Å². The number of fused-ring (bicyclic) bond motifs is 2. The zero-order chi connectivity index (χ0) is 28.5. The lowest BCUT2D eigenvalue weighted by molar-refractivity contribution is -0.642. The van der Waals surface area contributed by atoms with Crippen LogP contribution < -0.4 is 24.3 Å². The highest BCUT2D eigenvalue weighted by atomic mass is 32.1. The number of anilines is 2. The molecule has 3 heterocycles. The molecule has 41 heavy (non-hydrogen) atoms. The molecule has 2 aromatic heterocycles. The van der Waals surface area contributed by atoms with Gasteiger partial charge in [-0.2, -0.15) is 4.57 Å². The van der Waals surface area contributed by atoms with Crippen LogP contribution >= 0.6 is 22.7 Å². The molecule has 0 saturated heterocycles. The summed E-state index contributed by atoms with van der Waals surface area (Å²) in [5, 5.41) is 4.53. The first kappa shape index (κ1) is 26.7. The molecule has 0 saturated carbocycles. The topological polar surface area (TPSA) is 67.6 Å². The monoisotopic (exact) mass is 581 g/mol. The number of carbonyl (C=O) groups is 1. The number of amides is 1. The molecule has 1 N–H and O–H groups in total. The van der Waals surface area contributed by atoms with Crippen LogP contribution in [0.25, 0.3) is 33.0 Å². The van der Waals surface area contributed by atoms with Gasteiger partial charge in [-0.3, -0.25) is 4.79 Å². The van der Waals surface area contributed by atoms with Gasteiger partial charge in [0, 0.05) is 47.6 Å². The maximum absolute atomic E-state index is 11.4. The number of methoxy groups -OCH3 is 2. The largest absolute Gasteiger partial charge is 0.496 e. The predicted molar refractivity (Wildman–Crippen MR) is 168 cm³/mol. The van der Waals surface area contributed by atoms with E-state index in [-0.39, 0.29) is 5.91 Å². The number of aryl methyl sites for hydroxylation is 1. The molecular formula is C32H29N4O3S2+. The van der Waals surface area contributed by atoms with Crippen LogP contribution in [0.4, 0.5) is 10.8 Å². The Morgan fingerprint density at radius 3 is 2.59 bits per heavy atom. The highest BCUT2D eigenvalue weighted by Crippen LogP contribution is 2.40. The van der Waals surface area contributed by atoms with Crippen molar-refractivity contribution in [1.29, 1.82) is 0 Å². The van der Waals surface area contributed by atoms with E-state index in [9.17, 15) is 4.79 Å². The molecule has 0 fully saturated rings. The van der Waals surface area contributed by atoms with E-state index in [1.165, 1.54) is 28.5 Å². The molecule has 206 valence electrons. The number of nitrogens with one attached hydrogen (secondary N) is 1. The first-order chi connectivity index (χ1) is 19.9. The molecule has 0 aliphatic carbocycles. The quantitative estimate of drug-likeness (QED) is 0.212. The smallest absolute Gasteiger partial charge is 0.263 e. The molecule has 1 aliphatic rings. The summed E-state index contributed by atoms with van der Waals surface area (Å²) in [4.78, 5) is 19.0. The molecule has 0 atom stereocenters. The summed E-state index contributed by atoms with van der Waals surface area (Å²) in [5.41, 5.74) is 6.60. The summed E-state index contributed by atoms with van der Waals surface area (Å²) in [5.74, 6) is 1.45. The molecular weight excluding hydrogens is 553 g/mol. The molecule has 9 heteroatoms. The molecule has 5 aromatic rings. The van der Waals surface area contributed by atoms with E-state index in [1.54, 1.807) is 25.6 Å². The number of ether oxygens (including phenoxy) is 2. The summed E-state index contributed by atoms with van der Waals surface area (Å²) in [6.45, 7) is 2.16. The van der Waals surface area contributed by atoms with Gasteiger partial charge in [0.05, 0.1) is 26.3 Å². The fourth-order valence-corrected chi connectivity index (χ4v) is 7.05. The van der Waals surface area contributed by atoms with E-state index in [0.29, 0.717) is 11.7 Å². The Morgan fingerprint density at radius 1 is 1.05 bits per heavy atom. The fraction of sp³-hybridized carbons (Fsp3) is 0.156. The Bertz CT molecular complexity index is 1810. The number of carbonyl (C=O) groups excluding carboxylic acids is 1. The van der Waals surface area contributed by atoms with Gasteiger partial charge in [0.2, 0.25) is 11.4 Å². The van der Waals surface area contributed by atoms with Crippen molar-refractivity contribution in [3.05, 3.63) is 94.6 Å². The summed E-state index contributed by atoms with van der Waals surface area (Å²) >= 11 is 3.25. The third kappa shape index (κ3) is 5.21. The summed E-state index contributed by atoms with van der Waals surface area (Å²) in [7, 11) is 5.47. The van der Waals surface area contributed by atoms with Crippen LogP contribution in [0.3, 0.4) is 0 Å². The SMILES string of the molecule is COc1cccc(OC)c1-c1ccc2c(c1)sc(C=C1C=CN(Cc3cnc(NC(C)=O)s3)c3ccccc31)[n+]2C. The molecule has 0 spiro atoms. The van der Waals surface area contributed by atoms with Crippen LogP contribution in [-0.4, -0.2) is 25.1 Å². The minimum atomic E-state index is -0.117. The van der Waals surface area contributed by atoms with Crippen molar-refractivity contribution in [2.24, 2.45) is 7.05 Å². The van der Waals surface area contributed by atoms with E-state index in [1.807, 2.05) is 24.4 Å². The second-order valence-corrected chi connectivity index (χ2v) is 11.8. The maximum atomic E-state index is 11.4. The van der Waals surface area contributed by atoms with Crippen LogP contribution in [0.5, 0.6) is 11.5 Å². The highest BCUT2D eigenvalue weighted by Gasteiger charge is 2.22. The Labute approximate surface area is 246 Å². The van der Waals surface area contributed by atoms with Gasteiger partial charge in [-0.05, 0) is 47.5 Å². The number of aromatic nitrogens is 2. The first-order valence-electron chi connectivity index (χ1n) is 13.1. The predicted octanol–water partition coefficient (Wildman–Crippen LogP) is 6.90. The fourth-order valence-electron chi connectivity index (χ4n) is 5.05. The molecule has 1 amide bonds. The average molecular weight is 582 g/mol. The van der Waals surface area contributed by atoms with Crippen molar-refractivity contribution in [1.82, 2.24) is 4.98 Å². The summed E-state index contributed by atoms with van der Waals surface area (Å²) in [6, 6.07) is 20.8. The second-order valence-electron chi connectivity index (χ2n) is 9.59. The molecule has 6 rings (SSSR count). The van der Waals surface area contributed by atoms with Crippen molar-refractivity contribution in [3.8, 4) is 22.6 Å². The van der Waals surface area contributed by atoms with E-state index >= 15 is 0 Å². The van der Waals surface area contributed by atoms with Crippen molar-refractivity contribution >= 4 is 61.3 Å². The van der Waals surface area contributed by atoms with Gasteiger partial charge in [-0.15, -0.1) is 0 Å². The minimum absolute atomic E-state index is 0.117. The summed E-state index contributed by atoms with van der Waals surface area (Å²) in [6.07, 6.45) is 8.35. The van der Waals surface area contributed by atoms with Crippen molar-refractivity contribution in [2.75, 3.05) is 24.4 Å². The molecule has 3 aromatic carbocycles. The maximum Gasteiger partial charge on any atom is 0.263 e. The third-order valence-corrected chi connectivity index (χ3v) is 9.03. The van der Waals surface area contributed by atoms with Gasteiger partial charge in [0.1, 0.15) is 23.2 Å². The molecule has 0 radical (unpaired) electrons. The van der Waals surface area contributed by atoms with Crippen molar-refractivity contribution < 1.29 is 18.8 Å². The lowest BCUT2D eigenvalue weighted by atomic mass is 9.99. The van der Waals surface area contributed by atoms with Gasteiger partial charge >= 0.3 is 0 Å². The number of thiazole rings is 2. The number of para-hydroxylation sites is 1. The van der Waals surface area contributed by atoms with Crippen LogP contribution in [0.2, 0.25) is 0 Å². The number of benzene rings is 3. The van der Waals surface area contributed by atoms with Gasteiger partial charge in [0.25, 0.3) is 5.01 Å². The lowest BCUT2D eigenvalue weighted by Crippen LogP contribution is -2.29. The van der Waals surface area contributed by atoms with Crippen molar-refractivity contribution in [2.45, 2.75) is 13.5 Å². The third-order valence-electron chi connectivity index (χ3n) is 6.98. The first-order valence-corrected chi connectivity index (χ1v) is 14.7. The van der Waals surface area contributed by atoms with Gasteiger partial charge in [-0.1, -0.05) is 46.9 Å². The van der Waals surface area contributed by atoms with Gasteiger partial charge in [0.15, 0.2) is 5.13 Å². The van der Waals surface area contributed by atoms with Gasteiger partial charge in [-0.25, -0.2) is 4.98 Å². The molecule has 1 aliphatic heterocycles. The minimum Gasteiger partial charge on any atom is -0.496 e. The number of rotatable bonds is 7. The van der Waals surface area contributed by atoms with E-state index < -0.39 is 0 Å². The number of hydrogen-bond donors (Lipinski definition) is 1. The van der Waals surface area contributed by atoms with Gasteiger partial charge < -0.3 is 19.7 Å². The zero-order valence-electron chi connectivity index (χ0n) is 23.2. The highest BCUT2D eigenvalue weighted by molar-refractivity contribution is 7.19. The Balaban J connectivity index is 1.34. The average Bonchev–Trinajstić information content (AvgIpc) is 3.55. The Kier molecular flexibility index (Phi) is 7.30. The zero-order valence-corrected chi connectivity index (χ0v) is 24.8. The summed E-state index contributed by atoms with van der Waals surface area (Å²) < 4.78 is 14.7. The van der Waals surface area contributed by atoms with E-state index in [0.717, 1.165) is 49.3 Å². The Hall–Kier alpha value is -4.47. The van der Waals surface area contributed by atoms with E-state index in [2.05, 4.69) is 87.6 Å². The van der Waals surface area contributed by atoms with Crippen molar-refractivity contribution in [3.63, 3.8) is 0 Å². The van der Waals surface area contributed by atoms with Crippen LogP contribution in [-0.2, 0) is 18.4 Å². The molecule has 0 bridgehead atoms. The Morgan fingerprint density at radius 2 is 1.83 bits per heavy atom. The van der Waals surface area contributed by atoms with Crippen LogP contribution in [0.15, 0.2) is 79.1 Å². The number of allylic oxidation sites excluding steroid dienone is 2. The molecule has 7 nitrogen and oxygen atoms in total. The number of hydrogen-bond acceptors (Lipinski definition) is 7. The number of nitrogens with zero attached hydrogens (tertiary/aromatic N) is 3.